The topological polar surface area (TPSA) is 68.7 Å². The van der Waals surface area contributed by atoms with Gasteiger partial charge in [0.25, 0.3) is 5.91 Å². The fourth-order valence-corrected chi connectivity index (χ4v) is 2.00. The number of ether oxygens (including phenoxy) is 2. The van der Waals surface area contributed by atoms with Crippen molar-refractivity contribution in [2.45, 2.75) is 13.0 Å². The van der Waals surface area contributed by atoms with E-state index in [1.165, 1.54) is 12.0 Å². The van der Waals surface area contributed by atoms with Crippen molar-refractivity contribution in [3.63, 3.8) is 0 Å². The minimum absolute atomic E-state index is 0.113. The molecule has 1 aromatic rings. The molecule has 6 nitrogen and oxygen atoms in total. The van der Waals surface area contributed by atoms with Crippen LogP contribution < -0.4 is 9.64 Å². The molecule has 1 atom stereocenters. The van der Waals surface area contributed by atoms with Gasteiger partial charge in [-0.15, -0.1) is 0 Å². The highest BCUT2D eigenvalue weighted by molar-refractivity contribution is 9.10. The molecule has 18 heavy (non-hydrogen) atoms. The average Bonchev–Trinajstić information content (AvgIpc) is 2.36. The lowest BCUT2D eigenvalue weighted by molar-refractivity contribution is -0.143. The first-order valence-corrected chi connectivity index (χ1v) is 6.03. The van der Waals surface area contributed by atoms with E-state index in [9.17, 15) is 9.59 Å². The second-order valence-corrected chi connectivity index (χ2v) is 4.52. The molecule has 1 amide bonds. The van der Waals surface area contributed by atoms with Crippen LogP contribution in [0.2, 0.25) is 0 Å². The number of hydrogen-bond acceptors (Lipinski definition) is 5. The van der Waals surface area contributed by atoms with Crippen LogP contribution in [0.15, 0.2) is 16.7 Å². The molecule has 0 bridgehead atoms. The summed E-state index contributed by atoms with van der Waals surface area (Å²) >= 11 is 3.22. The minimum atomic E-state index is -0.744. The van der Waals surface area contributed by atoms with E-state index in [1.807, 2.05) is 0 Å². The van der Waals surface area contributed by atoms with Crippen LogP contribution in [0.3, 0.4) is 0 Å². The Bertz CT molecular complexity index is 506. The van der Waals surface area contributed by atoms with E-state index in [2.05, 4.69) is 25.7 Å². The van der Waals surface area contributed by atoms with Crippen LogP contribution in [0, 0.1) is 0 Å². The molecule has 0 saturated carbocycles. The van der Waals surface area contributed by atoms with Gasteiger partial charge in [0, 0.05) is 0 Å². The predicted molar refractivity (Wildman–Crippen MR) is 66.4 cm³/mol. The van der Waals surface area contributed by atoms with Gasteiger partial charge in [0.2, 0.25) is 0 Å². The van der Waals surface area contributed by atoms with Crippen LogP contribution in [0.5, 0.6) is 5.75 Å². The number of fused-ring (bicyclic) bond motifs is 1. The van der Waals surface area contributed by atoms with Gasteiger partial charge in [0.15, 0.2) is 18.2 Å². The van der Waals surface area contributed by atoms with Crippen LogP contribution in [0.4, 0.5) is 5.82 Å². The molecule has 0 radical (unpaired) electrons. The largest absolute Gasteiger partial charge is 0.480 e. The Hall–Kier alpha value is -1.63. The van der Waals surface area contributed by atoms with E-state index in [1.54, 1.807) is 19.1 Å². The molecule has 1 aromatic heterocycles. The first-order chi connectivity index (χ1) is 8.54. The lowest BCUT2D eigenvalue weighted by atomic mass is 10.2. The van der Waals surface area contributed by atoms with Crippen molar-refractivity contribution in [3.05, 3.63) is 16.7 Å². The van der Waals surface area contributed by atoms with Crippen LogP contribution in [-0.2, 0) is 14.3 Å². The Morgan fingerprint density at radius 3 is 3.00 bits per heavy atom. The van der Waals surface area contributed by atoms with Crippen molar-refractivity contribution in [2.24, 2.45) is 0 Å². The third-order valence-corrected chi connectivity index (χ3v) is 3.02. The van der Waals surface area contributed by atoms with Crippen LogP contribution >= 0.6 is 15.9 Å². The number of amides is 1. The third kappa shape index (κ3) is 2.17. The van der Waals surface area contributed by atoms with Crippen molar-refractivity contribution in [3.8, 4) is 5.75 Å². The second-order valence-electron chi connectivity index (χ2n) is 3.71. The van der Waals surface area contributed by atoms with E-state index < -0.39 is 12.0 Å². The van der Waals surface area contributed by atoms with E-state index in [0.717, 1.165) is 0 Å². The number of hydrogen-bond donors (Lipinski definition) is 0. The van der Waals surface area contributed by atoms with E-state index in [-0.39, 0.29) is 12.5 Å². The Morgan fingerprint density at radius 1 is 1.61 bits per heavy atom. The van der Waals surface area contributed by atoms with E-state index >= 15 is 0 Å². The van der Waals surface area contributed by atoms with Crippen molar-refractivity contribution in [1.29, 1.82) is 0 Å². The maximum Gasteiger partial charge on any atom is 0.328 e. The summed E-state index contributed by atoms with van der Waals surface area (Å²) in [5.41, 5.74) is 0. The fourth-order valence-electron chi connectivity index (χ4n) is 1.70. The van der Waals surface area contributed by atoms with Gasteiger partial charge in [-0.3, -0.25) is 9.69 Å². The zero-order chi connectivity index (χ0) is 13.3. The number of rotatable bonds is 2. The zero-order valence-electron chi connectivity index (χ0n) is 9.84. The lowest BCUT2D eigenvalue weighted by Crippen LogP contribution is -2.48. The van der Waals surface area contributed by atoms with E-state index in [0.29, 0.717) is 16.2 Å². The molecular formula is C11H11BrN2O4. The van der Waals surface area contributed by atoms with Crippen molar-refractivity contribution in [2.75, 3.05) is 18.6 Å². The number of carbonyl (C=O) groups excluding carboxylic acids is 2. The SMILES string of the molecule is COC(=O)C(C)N1C(=O)COc2ccc(Br)nc21. The van der Waals surface area contributed by atoms with Gasteiger partial charge < -0.3 is 9.47 Å². The van der Waals surface area contributed by atoms with Crippen LogP contribution in [0.25, 0.3) is 0 Å². The normalized spacial score (nSPS) is 15.7. The van der Waals surface area contributed by atoms with Crippen molar-refractivity contribution < 1.29 is 19.1 Å². The number of anilines is 1. The second kappa shape index (κ2) is 4.93. The summed E-state index contributed by atoms with van der Waals surface area (Å²) < 4.78 is 10.5. The molecule has 0 aliphatic carbocycles. The summed E-state index contributed by atoms with van der Waals surface area (Å²) in [7, 11) is 1.28. The molecule has 0 spiro atoms. The quantitative estimate of drug-likeness (QED) is 0.604. The summed E-state index contributed by atoms with van der Waals surface area (Å²) in [6, 6.07) is 2.65. The number of aromatic nitrogens is 1. The molecule has 0 fully saturated rings. The van der Waals surface area contributed by atoms with Gasteiger partial charge in [-0.2, -0.15) is 0 Å². The molecule has 2 heterocycles. The molecule has 1 unspecified atom stereocenters. The molecule has 1 aliphatic rings. The summed E-state index contributed by atoms with van der Waals surface area (Å²) in [4.78, 5) is 28.9. The number of esters is 1. The Morgan fingerprint density at radius 2 is 2.33 bits per heavy atom. The molecule has 0 N–H and O–H groups in total. The van der Waals surface area contributed by atoms with Gasteiger partial charge in [0.05, 0.1) is 7.11 Å². The van der Waals surface area contributed by atoms with Crippen LogP contribution in [-0.4, -0.2) is 36.6 Å². The molecule has 2 rings (SSSR count). The lowest BCUT2D eigenvalue weighted by Gasteiger charge is -2.31. The summed E-state index contributed by atoms with van der Waals surface area (Å²) in [6.07, 6.45) is 0. The Labute approximate surface area is 112 Å². The number of pyridine rings is 1. The fraction of sp³-hybridized carbons (Fsp3) is 0.364. The molecular weight excluding hydrogens is 304 g/mol. The minimum Gasteiger partial charge on any atom is -0.480 e. The van der Waals surface area contributed by atoms with Gasteiger partial charge in [-0.1, -0.05) is 0 Å². The molecule has 0 aromatic carbocycles. The van der Waals surface area contributed by atoms with Crippen molar-refractivity contribution >= 4 is 33.6 Å². The first kappa shape index (κ1) is 12.8. The Kier molecular flexibility index (Phi) is 3.51. The predicted octanol–water partition coefficient (Wildman–Crippen LogP) is 1.13. The van der Waals surface area contributed by atoms with Gasteiger partial charge in [0.1, 0.15) is 10.6 Å². The molecule has 1 aliphatic heterocycles. The van der Waals surface area contributed by atoms with Gasteiger partial charge in [-0.05, 0) is 35.0 Å². The molecule has 7 heteroatoms. The van der Waals surface area contributed by atoms with Crippen molar-refractivity contribution in [1.82, 2.24) is 4.98 Å². The highest BCUT2D eigenvalue weighted by Gasteiger charge is 2.34. The highest BCUT2D eigenvalue weighted by atomic mass is 79.9. The van der Waals surface area contributed by atoms with Gasteiger partial charge in [-0.25, -0.2) is 9.78 Å². The summed E-state index contributed by atoms with van der Waals surface area (Å²) in [5.74, 6) is -0.0453. The number of nitrogens with zero attached hydrogens (tertiary/aromatic N) is 2. The maximum atomic E-state index is 11.9. The van der Waals surface area contributed by atoms with Crippen LogP contribution in [0.1, 0.15) is 6.92 Å². The van der Waals surface area contributed by atoms with Gasteiger partial charge >= 0.3 is 5.97 Å². The number of halogens is 1. The third-order valence-electron chi connectivity index (χ3n) is 2.58. The summed E-state index contributed by atoms with van der Waals surface area (Å²) in [6.45, 7) is 1.47. The highest BCUT2D eigenvalue weighted by Crippen LogP contribution is 2.32. The standard InChI is InChI=1S/C11H11BrN2O4/c1-6(11(16)17-2)14-9(15)5-18-7-3-4-8(12)13-10(7)14/h3-4,6H,5H2,1-2H3. The van der Waals surface area contributed by atoms with E-state index in [4.69, 9.17) is 4.74 Å². The molecule has 96 valence electrons. The first-order valence-electron chi connectivity index (χ1n) is 5.24. The maximum absolute atomic E-state index is 11.9. The monoisotopic (exact) mass is 314 g/mol. The average molecular weight is 315 g/mol. The Balaban J connectivity index is 2.44. The smallest absolute Gasteiger partial charge is 0.328 e. The zero-order valence-corrected chi connectivity index (χ0v) is 11.4. The summed E-state index contributed by atoms with van der Waals surface area (Å²) in [5, 5.41) is 0. The molecule has 0 saturated heterocycles. The number of methoxy groups -OCH3 is 1. The number of carbonyl (C=O) groups is 2.